The number of hydrogen-bond acceptors (Lipinski definition) is 1. The van der Waals surface area contributed by atoms with Gasteiger partial charge in [-0.3, -0.25) is 4.79 Å². The van der Waals surface area contributed by atoms with Gasteiger partial charge in [-0.15, -0.1) is 0 Å². The number of nitrogens with zero attached hydrogens (tertiary/aromatic N) is 1. The SMILES string of the molecule is CN(CCCBr)C(=O)C1CCCc2ccccc21. The highest BCUT2D eigenvalue weighted by Gasteiger charge is 2.27. The van der Waals surface area contributed by atoms with E-state index >= 15 is 0 Å². The summed E-state index contributed by atoms with van der Waals surface area (Å²) in [6, 6.07) is 8.39. The van der Waals surface area contributed by atoms with E-state index in [9.17, 15) is 4.79 Å². The highest BCUT2D eigenvalue weighted by Crippen LogP contribution is 2.32. The van der Waals surface area contributed by atoms with Gasteiger partial charge in [-0.1, -0.05) is 40.2 Å². The van der Waals surface area contributed by atoms with Crippen LogP contribution in [0.15, 0.2) is 24.3 Å². The van der Waals surface area contributed by atoms with Gasteiger partial charge in [-0.05, 0) is 36.8 Å². The van der Waals surface area contributed by atoms with Gasteiger partial charge in [0.05, 0.1) is 5.92 Å². The van der Waals surface area contributed by atoms with Gasteiger partial charge in [0.1, 0.15) is 0 Å². The Morgan fingerprint density at radius 1 is 1.44 bits per heavy atom. The van der Waals surface area contributed by atoms with E-state index in [1.165, 1.54) is 11.1 Å². The summed E-state index contributed by atoms with van der Waals surface area (Å²) in [6.45, 7) is 0.836. The van der Waals surface area contributed by atoms with Crippen LogP contribution in [0.4, 0.5) is 0 Å². The lowest BCUT2D eigenvalue weighted by atomic mass is 9.82. The zero-order valence-corrected chi connectivity index (χ0v) is 12.4. The van der Waals surface area contributed by atoms with E-state index in [1.54, 1.807) is 0 Å². The molecule has 0 radical (unpaired) electrons. The number of carbonyl (C=O) groups excluding carboxylic acids is 1. The van der Waals surface area contributed by atoms with Crippen LogP contribution in [-0.2, 0) is 11.2 Å². The average Bonchev–Trinajstić information content (AvgIpc) is 2.43. The fourth-order valence-electron chi connectivity index (χ4n) is 2.68. The maximum absolute atomic E-state index is 12.5. The fourth-order valence-corrected chi connectivity index (χ4v) is 2.93. The standard InChI is InChI=1S/C15H20BrNO/c1-17(11-5-10-16)15(18)14-9-4-7-12-6-2-3-8-13(12)14/h2-3,6,8,14H,4-5,7,9-11H2,1H3. The van der Waals surface area contributed by atoms with Crippen LogP contribution in [0.5, 0.6) is 0 Å². The Kier molecular flexibility index (Phi) is 4.81. The van der Waals surface area contributed by atoms with E-state index in [0.29, 0.717) is 0 Å². The Morgan fingerprint density at radius 2 is 2.22 bits per heavy atom. The first-order chi connectivity index (χ1) is 8.74. The monoisotopic (exact) mass is 309 g/mol. The molecule has 0 fully saturated rings. The van der Waals surface area contributed by atoms with Gasteiger partial charge in [0.15, 0.2) is 0 Å². The number of aryl methyl sites for hydroxylation is 1. The molecule has 1 unspecified atom stereocenters. The number of hydrogen-bond donors (Lipinski definition) is 0. The van der Waals surface area contributed by atoms with Crippen LogP contribution < -0.4 is 0 Å². The molecule has 18 heavy (non-hydrogen) atoms. The second kappa shape index (κ2) is 6.37. The number of likely N-dealkylation sites (N-methyl/N-ethyl adjacent to an activating group) is 1. The number of fused-ring (bicyclic) bond motifs is 1. The van der Waals surface area contributed by atoms with Crippen molar-refractivity contribution in [2.45, 2.75) is 31.6 Å². The van der Waals surface area contributed by atoms with Crippen molar-refractivity contribution in [1.82, 2.24) is 4.90 Å². The van der Waals surface area contributed by atoms with Crippen LogP contribution in [0.3, 0.4) is 0 Å². The molecule has 1 aliphatic carbocycles. The first kappa shape index (κ1) is 13.6. The summed E-state index contributed by atoms with van der Waals surface area (Å²) in [6.07, 6.45) is 4.25. The van der Waals surface area contributed by atoms with Crippen LogP contribution in [0, 0.1) is 0 Å². The summed E-state index contributed by atoms with van der Waals surface area (Å²) in [5, 5.41) is 0.950. The predicted molar refractivity (Wildman–Crippen MR) is 78.2 cm³/mol. The van der Waals surface area contributed by atoms with Crippen LogP contribution >= 0.6 is 15.9 Å². The molecule has 1 amide bonds. The lowest BCUT2D eigenvalue weighted by molar-refractivity contribution is -0.131. The minimum Gasteiger partial charge on any atom is -0.345 e. The molecule has 1 atom stereocenters. The molecule has 0 heterocycles. The molecule has 0 aliphatic heterocycles. The molecule has 0 N–H and O–H groups in total. The Hall–Kier alpha value is -0.830. The van der Waals surface area contributed by atoms with E-state index in [2.05, 4.69) is 34.1 Å². The molecule has 1 aliphatic rings. The summed E-state index contributed by atoms with van der Waals surface area (Å²) >= 11 is 3.41. The van der Waals surface area contributed by atoms with Crippen molar-refractivity contribution in [2.24, 2.45) is 0 Å². The van der Waals surface area contributed by atoms with E-state index < -0.39 is 0 Å². The van der Waals surface area contributed by atoms with Crippen molar-refractivity contribution in [3.05, 3.63) is 35.4 Å². The Bertz CT molecular complexity index is 419. The number of carbonyl (C=O) groups is 1. The maximum Gasteiger partial charge on any atom is 0.229 e. The van der Waals surface area contributed by atoms with Crippen molar-refractivity contribution in [3.63, 3.8) is 0 Å². The topological polar surface area (TPSA) is 20.3 Å². The quantitative estimate of drug-likeness (QED) is 0.781. The van der Waals surface area contributed by atoms with Crippen LogP contribution in [-0.4, -0.2) is 29.7 Å². The Balaban J connectivity index is 2.12. The summed E-state index contributed by atoms with van der Waals surface area (Å²) in [7, 11) is 1.92. The van der Waals surface area contributed by atoms with Crippen LogP contribution in [0.25, 0.3) is 0 Å². The molecule has 0 saturated heterocycles. The molecule has 3 heteroatoms. The number of halogens is 1. The summed E-state index contributed by atoms with van der Waals surface area (Å²) in [4.78, 5) is 14.4. The fraction of sp³-hybridized carbons (Fsp3) is 0.533. The Morgan fingerprint density at radius 3 is 3.00 bits per heavy atom. The third-order valence-corrected chi connectivity index (χ3v) is 4.23. The van der Waals surface area contributed by atoms with Gasteiger partial charge < -0.3 is 4.90 Å². The number of benzene rings is 1. The van der Waals surface area contributed by atoms with Crippen molar-refractivity contribution >= 4 is 21.8 Å². The predicted octanol–water partition coefficient (Wildman–Crippen LogP) is 3.35. The zero-order valence-electron chi connectivity index (χ0n) is 10.9. The van der Waals surface area contributed by atoms with Gasteiger partial charge in [0.25, 0.3) is 0 Å². The van der Waals surface area contributed by atoms with E-state index in [1.807, 2.05) is 18.0 Å². The summed E-state index contributed by atoms with van der Waals surface area (Å²) in [5.41, 5.74) is 2.61. The minimum atomic E-state index is 0.0790. The average molecular weight is 310 g/mol. The van der Waals surface area contributed by atoms with Crippen LogP contribution in [0.1, 0.15) is 36.3 Å². The normalized spacial score (nSPS) is 18.2. The first-order valence-corrected chi connectivity index (χ1v) is 7.75. The molecule has 0 aromatic heterocycles. The molecule has 98 valence electrons. The van der Waals surface area contributed by atoms with Crippen LogP contribution in [0.2, 0.25) is 0 Å². The van der Waals surface area contributed by atoms with E-state index in [-0.39, 0.29) is 11.8 Å². The van der Waals surface area contributed by atoms with Gasteiger partial charge in [-0.25, -0.2) is 0 Å². The van der Waals surface area contributed by atoms with Crippen molar-refractivity contribution in [1.29, 1.82) is 0 Å². The lowest BCUT2D eigenvalue weighted by Crippen LogP contribution is -2.34. The van der Waals surface area contributed by atoms with Gasteiger partial charge in [0, 0.05) is 18.9 Å². The second-order valence-electron chi connectivity index (χ2n) is 4.95. The molecule has 1 aromatic rings. The van der Waals surface area contributed by atoms with Gasteiger partial charge in [-0.2, -0.15) is 0 Å². The summed E-state index contributed by atoms with van der Waals surface area (Å²) in [5.74, 6) is 0.360. The van der Waals surface area contributed by atoms with Crippen molar-refractivity contribution in [3.8, 4) is 0 Å². The smallest absolute Gasteiger partial charge is 0.229 e. The van der Waals surface area contributed by atoms with Crippen molar-refractivity contribution in [2.75, 3.05) is 18.9 Å². The third-order valence-electron chi connectivity index (χ3n) is 3.67. The zero-order chi connectivity index (χ0) is 13.0. The molecule has 2 nitrogen and oxygen atoms in total. The molecule has 1 aromatic carbocycles. The molecular weight excluding hydrogens is 290 g/mol. The lowest BCUT2D eigenvalue weighted by Gasteiger charge is -2.28. The largest absolute Gasteiger partial charge is 0.345 e. The maximum atomic E-state index is 12.5. The van der Waals surface area contributed by atoms with E-state index in [4.69, 9.17) is 0 Å². The molecule has 0 spiro atoms. The number of rotatable bonds is 4. The molecule has 2 rings (SSSR count). The highest BCUT2D eigenvalue weighted by molar-refractivity contribution is 9.09. The minimum absolute atomic E-state index is 0.0790. The first-order valence-electron chi connectivity index (χ1n) is 6.62. The second-order valence-corrected chi connectivity index (χ2v) is 5.74. The number of amides is 1. The molecule has 0 saturated carbocycles. The Labute approximate surface area is 117 Å². The number of alkyl halides is 1. The molecule has 0 bridgehead atoms. The van der Waals surface area contributed by atoms with Crippen molar-refractivity contribution < 1.29 is 4.79 Å². The van der Waals surface area contributed by atoms with Gasteiger partial charge in [0.2, 0.25) is 5.91 Å². The van der Waals surface area contributed by atoms with Gasteiger partial charge >= 0.3 is 0 Å². The van der Waals surface area contributed by atoms with E-state index in [0.717, 1.165) is 37.6 Å². The summed E-state index contributed by atoms with van der Waals surface area (Å²) < 4.78 is 0. The molecular formula is C15H20BrNO. The highest BCUT2D eigenvalue weighted by atomic mass is 79.9. The third kappa shape index (κ3) is 2.94.